The van der Waals surface area contributed by atoms with Crippen LogP contribution in [0.25, 0.3) is 0 Å². The molecule has 1 aliphatic rings. The average Bonchev–Trinajstić information content (AvgIpc) is 2.08. The molecule has 0 aliphatic carbocycles. The van der Waals surface area contributed by atoms with E-state index in [2.05, 4.69) is 4.74 Å². The fourth-order valence-corrected chi connectivity index (χ4v) is 1.18. The zero-order valence-electron chi connectivity index (χ0n) is 7.15. The van der Waals surface area contributed by atoms with Crippen LogP contribution in [0.3, 0.4) is 0 Å². The van der Waals surface area contributed by atoms with Gasteiger partial charge >= 0.3 is 0 Å². The van der Waals surface area contributed by atoms with E-state index < -0.39 is 36.9 Å². The Bertz CT molecular complexity index is 189. The van der Waals surface area contributed by atoms with E-state index in [1.165, 1.54) is 0 Å². The Labute approximate surface area is 86.1 Å². The molecule has 14 heavy (non-hydrogen) atoms. The Hall–Kier alpha value is 0.01000. The molecular formula is C6H14ClNO6. The zero-order chi connectivity index (χ0) is 10.2. The van der Waals surface area contributed by atoms with Gasteiger partial charge < -0.3 is 30.3 Å². The summed E-state index contributed by atoms with van der Waals surface area (Å²) in [6.45, 7) is -0.621. The standard InChI is InChI=1S/C6H13NO6.ClH/c7-6(12)5(11)4(10)3(9)2(1-8)13-6;/h2-5,8-12H,1,7H2;1H/t2-,3+,4+,5-,6-;/m1./s1. The summed E-state index contributed by atoms with van der Waals surface area (Å²) in [5.41, 5.74) is 5.04. The topological polar surface area (TPSA) is 136 Å². The second kappa shape index (κ2) is 4.69. The molecule has 0 radical (unpaired) electrons. The summed E-state index contributed by atoms with van der Waals surface area (Å²) in [5, 5.41) is 45.2. The second-order valence-corrected chi connectivity index (χ2v) is 3.02. The number of nitrogens with two attached hydrogens (primary N) is 1. The highest BCUT2D eigenvalue weighted by Gasteiger charge is 2.50. The van der Waals surface area contributed by atoms with Gasteiger partial charge in [-0.1, -0.05) is 0 Å². The summed E-state index contributed by atoms with van der Waals surface area (Å²) in [6, 6.07) is 0. The van der Waals surface area contributed by atoms with Crippen molar-refractivity contribution in [3.05, 3.63) is 0 Å². The van der Waals surface area contributed by atoms with Crippen LogP contribution >= 0.6 is 12.4 Å². The molecule has 0 bridgehead atoms. The molecule has 0 aromatic rings. The minimum Gasteiger partial charge on any atom is -0.394 e. The highest BCUT2D eigenvalue weighted by atomic mass is 35.5. The first-order chi connectivity index (χ1) is 5.90. The summed E-state index contributed by atoms with van der Waals surface area (Å²) in [6.07, 6.45) is -6.16. The molecule has 1 heterocycles. The summed E-state index contributed by atoms with van der Waals surface area (Å²) in [5.74, 6) is -2.45. The van der Waals surface area contributed by atoms with E-state index in [9.17, 15) is 5.11 Å². The molecule has 0 aromatic carbocycles. The van der Waals surface area contributed by atoms with Crippen LogP contribution in [0.5, 0.6) is 0 Å². The van der Waals surface area contributed by atoms with E-state index in [-0.39, 0.29) is 12.4 Å². The van der Waals surface area contributed by atoms with Crippen LogP contribution < -0.4 is 5.73 Å². The van der Waals surface area contributed by atoms with E-state index in [0.29, 0.717) is 0 Å². The molecule has 0 amide bonds. The molecule has 0 saturated carbocycles. The molecule has 7 nitrogen and oxygen atoms in total. The molecule has 1 rings (SSSR count). The van der Waals surface area contributed by atoms with E-state index >= 15 is 0 Å². The second-order valence-electron chi connectivity index (χ2n) is 3.02. The molecule has 0 unspecified atom stereocenters. The van der Waals surface area contributed by atoms with Crippen LogP contribution in [0.15, 0.2) is 0 Å². The fourth-order valence-electron chi connectivity index (χ4n) is 1.18. The van der Waals surface area contributed by atoms with Crippen LogP contribution in [0.1, 0.15) is 0 Å². The van der Waals surface area contributed by atoms with Gasteiger partial charge in [-0.25, -0.2) is 0 Å². The van der Waals surface area contributed by atoms with E-state index in [1.54, 1.807) is 0 Å². The number of aliphatic hydroxyl groups is 5. The minimum atomic E-state index is -2.45. The van der Waals surface area contributed by atoms with Crippen molar-refractivity contribution in [2.75, 3.05) is 6.61 Å². The molecule has 1 saturated heterocycles. The number of halogens is 1. The lowest BCUT2D eigenvalue weighted by Gasteiger charge is -2.42. The van der Waals surface area contributed by atoms with Crippen LogP contribution in [0.2, 0.25) is 0 Å². The smallest absolute Gasteiger partial charge is 0.252 e. The van der Waals surface area contributed by atoms with Crippen molar-refractivity contribution in [2.45, 2.75) is 30.3 Å². The van der Waals surface area contributed by atoms with Crippen molar-refractivity contribution in [3.63, 3.8) is 0 Å². The number of rotatable bonds is 1. The summed E-state index contributed by atoms with van der Waals surface area (Å²) in [4.78, 5) is 0. The molecule has 8 heteroatoms. The maximum Gasteiger partial charge on any atom is 0.252 e. The first-order valence-electron chi connectivity index (χ1n) is 3.74. The van der Waals surface area contributed by atoms with Gasteiger partial charge in [0.15, 0.2) is 6.10 Å². The van der Waals surface area contributed by atoms with Gasteiger partial charge in [0.2, 0.25) is 0 Å². The van der Waals surface area contributed by atoms with Crippen molar-refractivity contribution in [2.24, 2.45) is 5.73 Å². The molecular weight excluding hydrogens is 218 g/mol. The van der Waals surface area contributed by atoms with Gasteiger partial charge in [0.25, 0.3) is 5.91 Å². The molecule has 5 atom stereocenters. The highest BCUT2D eigenvalue weighted by molar-refractivity contribution is 5.85. The maximum atomic E-state index is 9.18. The number of aliphatic hydroxyl groups excluding tert-OH is 4. The van der Waals surface area contributed by atoms with E-state index in [0.717, 1.165) is 0 Å². The Balaban J connectivity index is 0.00000169. The highest BCUT2D eigenvalue weighted by Crippen LogP contribution is 2.23. The van der Waals surface area contributed by atoms with Crippen LogP contribution in [0, 0.1) is 0 Å². The normalized spacial score (nSPS) is 48.4. The summed E-state index contributed by atoms with van der Waals surface area (Å²) >= 11 is 0. The molecule has 7 N–H and O–H groups in total. The lowest BCUT2D eigenvalue weighted by molar-refractivity contribution is -0.346. The Morgan fingerprint density at radius 3 is 2.14 bits per heavy atom. The minimum absolute atomic E-state index is 0. The number of hydrogen-bond acceptors (Lipinski definition) is 7. The fraction of sp³-hybridized carbons (Fsp3) is 1.00. The molecule has 0 aromatic heterocycles. The van der Waals surface area contributed by atoms with Crippen molar-refractivity contribution in [1.82, 2.24) is 0 Å². The van der Waals surface area contributed by atoms with Crippen molar-refractivity contribution < 1.29 is 30.3 Å². The van der Waals surface area contributed by atoms with Gasteiger partial charge in [0, 0.05) is 0 Å². The Morgan fingerprint density at radius 1 is 1.21 bits per heavy atom. The maximum absolute atomic E-state index is 9.18. The SMILES string of the molecule is Cl.N[C@]1(O)O[C@H](CO)[C@H](O)[C@H](O)[C@H]1O. The number of ether oxygens (including phenoxy) is 1. The largest absolute Gasteiger partial charge is 0.394 e. The monoisotopic (exact) mass is 231 g/mol. The quantitative estimate of drug-likeness (QED) is 0.258. The predicted molar refractivity (Wildman–Crippen MR) is 46.4 cm³/mol. The Kier molecular flexibility index (Phi) is 4.69. The lowest BCUT2D eigenvalue weighted by Crippen LogP contribution is -2.69. The number of hydrogen-bond donors (Lipinski definition) is 6. The first-order valence-corrected chi connectivity index (χ1v) is 3.74. The van der Waals surface area contributed by atoms with Crippen molar-refractivity contribution in [3.8, 4) is 0 Å². The van der Waals surface area contributed by atoms with Gasteiger partial charge in [-0.2, -0.15) is 0 Å². The molecule has 0 spiro atoms. The first kappa shape index (κ1) is 14.0. The summed E-state index contributed by atoms with van der Waals surface area (Å²) < 4.78 is 4.54. The predicted octanol–water partition coefficient (Wildman–Crippen LogP) is -3.51. The van der Waals surface area contributed by atoms with Crippen LogP contribution in [-0.4, -0.2) is 62.5 Å². The van der Waals surface area contributed by atoms with Crippen molar-refractivity contribution >= 4 is 12.4 Å². The third kappa shape index (κ3) is 2.33. The van der Waals surface area contributed by atoms with Gasteiger partial charge in [-0.15, -0.1) is 12.4 Å². The summed E-state index contributed by atoms with van der Waals surface area (Å²) in [7, 11) is 0. The van der Waals surface area contributed by atoms with Gasteiger partial charge in [0.1, 0.15) is 18.3 Å². The van der Waals surface area contributed by atoms with Crippen LogP contribution in [0.4, 0.5) is 0 Å². The van der Waals surface area contributed by atoms with Gasteiger partial charge in [-0.05, 0) is 0 Å². The van der Waals surface area contributed by atoms with Crippen molar-refractivity contribution in [1.29, 1.82) is 0 Å². The molecule has 1 aliphatic heterocycles. The zero-order valence-corrected chi connectivity index (χ0v) is 7.96. The van der Waals surface area contributed by atoms with Gasteiger partial charge in [0.05, 0.1) is 6.61 Å². The molecule has 1 fully saturated rings. The molecule has 86 valence electrons. The van der Waals surface area contributed by atoms with E-state index in [4.69, 9.17) is 26.2 Å². The third-order valence-corrected chi connectivity index (χ3v) is 2.00. The van der Waals surface area contributed by atoms with Gasteiger partial charge in [-0.3, -0.25) is 5.73 Å². The lowest BCUT2D eigenvalue weighted by atomic mass is 9.97. The average molecular weight is 232 g/mol. The Morgan fingerprint density at radius 2 is 1.71 bits per heavy atom. The van der Waals surface area contributed by atoms with Crippen LogP contribution in [-0.2, 0) is 4.74 Å². The van der Waals surface area contributed by atoms with E-state index in [1.807, 2.05) is 0 Å². The third-order valence-electron chi connectivity index (χ3n) is 2.00.